The SMILES string of the molecule is O=C(Nc1cc(Cl)ccc1Br)C1CCCC1. The van der Waals surface area contributed by atoms with Crippen molar-refractivity contribution in [1.29, 1.82) is 0 Å². The number of hydrogen-bond acceptors (Lipinski definition) is 1. The van der Waals surface area contributed by atoms with Crippen LogP contribution in [0.4, 0.5) is 5.69 Å². The van der Waals surface area contributed by atoms with Gasteiger partial charge in [0.25, 0.3) is 0 Å². The van der Waals surface area contributed by atoms with Gasteiger partial charge in [0.15, 0.2) is 0 Å². The number of benzene rings is 1. The van der Waals surface area contributed by atoms with Crippen LogP contribution < -0.4 is 5.32 Å². The van der Waals surface area contributed by atoms with Gasteiger partial charge < -0.3 is 5.32 Å². The predicted molar refractivity (Wildman–Crippen MR) is 69.7 cm³/mol. The van der Waals surface area contributed by atoms with E-state index < -0.39 is 0 Å². The smallest absolute Gasteiger partial charge is 0.227 e. The minimum atomic E-state index is 0.112. The minimum absolute atomic E-state index is 0.112. The summed E-state index contributed by atoms with van der Waals surface area (Å²) in [5, 5.41) is 3.55. The van der Waals surface area contributed by atoms with Crippen LogP contribution in [0.5, 0.6) is 0 Å². The largest absolute Gasteiger partial charge is 0.325 e. The maximum absolute atomic E-state index is 11.9. The first-order valence-corrected chi connectivity index (χ1v) is 6.60. The number of carbonyl (C=O) groups excluding carboxylic acids is 1. The van der Waals surface area contributed by atoms with Gasteiger partial charge in [-0.25, -0.2) is 0 Å². The summed E-state index contributed by atoms with van der Waals surface area (Å²) in [5.41, 5.74) is 0.754. The van der Waals surface area contributed by atoms with Crippen molar-refractivity contribution in [3.63, 3.8) is 0 Å². The number of carbonyl (C=O) groups is 1. The van der Waals surface area contributed by atoms with Crippen molar-refractivity contribution >= 4 is 39.1 Å². The molecule has 4 heteroatoms. The summed E-state index contributed by atoms with van der Waals surface area (Å²) in [6, 6.07) is 5.39. The van der Waals surface area contributed by atoms with Crippen molar-refractivity contribution in [2.45, 2.75) is 25.7 Å². The molecule has 0 atom stereocenters. The first-order chi connectivity index (χ1) is 7.66. The van der Waals surface area contributed by atoms with Gasteiger partial charge in [0.05, 0.1) is 5.69 Å². The Morgan fingerprint density at radius 2 is 2.06 bits per heavy atom. The number of nitrogens with one attached hydrogen (secondary N) is 1. The van der Waals surface area contributed by atoms with Crippen molar-refractivity contribution in [1.82, 2.24) is 0 Å². The molecule has 0 spiro atoms. The van der Waals surface area contributed by atoms with E-state index in [0.717, 1.165) is 35.8 Å². The molecule has 1 saturated carbocycles. The van der Waals surface area contributed by atoms with E-state index in [-0.39, 0.29) is 11.8 Å². The van der Waals surface area contributed by atoms with Gasteiger partial charge in [-0.05, 0) is 47.0 Å². The quantitative estimate of drug-likeness (QED) is 0.870. The Morgan fingerprint density at radius 3 is 2.75 bits per heavy atom. The van der Waals surface area contributed by atoms with E-state index in [0.29, 0.717) is 5.02 Å². The van der Waals surface area contributed by atoms with Crippen LogP contribution in [0.2, 0.25) is 5.02 Å². The summed E-state index contributed by atoms with van der Waals surface area (Å²) in [6.07, 6.45) is 4.33. The highest BCUT2D eigenvalue weighted by atomic mass is 79.9. The van der Waals surface area contributed by atoms with Gasteiger partial charge in [-0.1, -0.05) is 24.4 Å². The first kappa shape index (κ1) is 11.9. The molecule has 1 aromatic rings. The van der Waals surface area contributed by atoms with Gasteiger partial charge in [-0.2, -0.15) is 0 Å². The number of hydrogen-bond donors (Lipinski definition) is 1. The average molecular weight is 303 g/mol. The summed E-state index contributed by atoms with van der Waals surface area (Å²) in [4.78, 5) is 11.9. The zero-order valence-corrected chi connectivity index (χ0v) is 11.1. The summed E-state index contributed by atoms with van der Waals surface area (Å²) in [7, 11) is 0. The van der Waals surface area contributed by atoms with Gasteiger partial charge in [-0.3, -0.25) is 4.79 Å². The highest BCUT2D eigenvalue weighted by Gasteiger charge is 2.22. The lowest BCUT2D eigenvalue weighted by Gasteiger charge is -2.11. The minimum Gasteiger partial charge on any atom is -0.325 e. The van der Waals surface area contributed by atoms with Crippen molar-refractivity contribution in [2.75, 3.05) is 5.32 Å². The summed E-state index contributed by atoms with van der Waals surface area (Å²) < 4.78 is 0.864. The lowest BCUT2D eigenvalue weighted by Crippen LogP contribution is -2.20. The number of halogens is 2. The standard InChI is InChI=1S/C12H13BrClNO/c13-10-6-5-9(14)7-11(10)15-12(16)8-3-1-2-4-8/h5-8H,1-4H2,(H,15,16). The third-order valence-corrected chi connectivity index (χ3v) is 3.84. The molecule has 2 rings (SSSR count). The lowest BCUT2D eigenvalue weighted by atomic mass is 10.1. The van der Waals surface area contributed by atoms with Crippen LogP contribution in [0.3, 0.4) is 0 Å². The van der Waals surface area contributed by atoms with Crippen LogP contribution in [-0.4, -0.2) is 5.91 Å². The third kappa shape index (κ3) is 2.77. The molecule has 1 N–H and O–H groups in total. The highest BCUT2D eigenvalue weighted by Crippen LogP contribution is 2.29. The average Bonchev–Trinajstić information content (AvgIpc) is 2.76. The second-order valence-electron chi connectivity index (χ2n) is 4.09. The Bertz CT molecular complexity index is 402. The molecule has 1 aromatic carbocycles. The van der Waals surface area contributed by atoms with Crippen LogP contribution in [0.25, 0.3) is 0 Å². The predicted octanol–water partition coefficient (Wildman–Crippen LogP) is 4.23. The van der Waals surface area contributed by atoms with E-state index >= 15 is 0 Å². The zero-order valence-electron chi connectivity index (χ0n) is 8.80. The maximum Gasteiger partial charge on any atom is 0.227 e. The molecule has 1 amide bonds. The molecule has 2 nitrogen and oxygen atoms in total. The fraction of sp³-hybridized carbons (Fsp3) is 0.417. The molecule has 86 valence electrons. The molecule has 16 heavy (non-hydrogen) atoms. The van der Waals surface area contributed by atoms with Gasteiger partial charge >= 0.3 is 0 Å². The van der Waals surface area contributed by atoms with Crippen LogP contribution in [-0.2, 0) is 4.79 Å². The Kier molecular flexibility index (Phi) is 3.87. The van der Waals surface area contributed by atoms with Crippen LogP contribution in [0.15, 0.2) is 22.7 Å². The first-order valence-electron chi connectivity index (χ1n) is 5.43. The fourth-order valence-electron chi connectivity index (χ4n) is 2.02. The van der Waals surface area contributed by atoms with Crippen LogP contribution in [0.1, 0.15) is 25.7 Å². The molecule has 0 unspecified atom stereocenters. The van der Waals surface area contributed by atoms with E-state index in [9.17, 15) is 4.79 Å². The molecule has 0 radical (unpaired) electrons. The Morgan fingerprint density at radius 1 is 1.38 bits per heavy atom. The van der Waals surface area contributed by atoms with E-state index in [2.05, 4.69) is 21.2 Å². The summed E-state index contributed by atoms with van der Waals surface area (Å²) in [6.45, 7) is 0. The Balaban J connectivity index is 2.07. The van der Waals surface area contributed by atoms with E-state index in [4.69, 9.17) is 11.6 Å². The number of amides is 1. The Labute approximate surface area is 108 Å². The molecule has 0 saturated heterocycles. The van der Waals surface area contributed by atoms with Crippen LogP contribution >= 0.6 is 27.5 Å². The number of anilines is 1. The van der Waals surface area contributed by atoms with Gasteiger partial charge in [0.2, 0.25) is 5.91 Å². The van der Waals surface area contributed by atoms with E-state index in [1.54, 1.807) is 12.1 Å². The molecule has 0 aromatic heterocycles. The molecule has 0 bridgehead atoms. The second-order valence-corrected chi connectivity index (χ2v) is 5.39. The molecule has 1 aliphatic rings. The molecule has 0 aliphatic heterocycles. The van der Waals surface area contributed by atoms with E-state index in [1.165, 1.54) is 0 Å². The topological polar surface area (TPSA) is 29.1 Å². The van der Waals surface area contributed by atoms with Crippen molar-refractivity contribution in [3.8, 4) is 0 Å². The van der Waals surface area contributed by atoms with Crippen molar-refractivity contribution < 1.29 is 4.79 Å². The zero-order chi connectivity index (χ0) is 11.5. The molecular weight excluding hydrogens is 289 g/mol. The van der Waals surface area contributed by atoms with Gasteiger partial charge in [0, 0.05) is 15.4 Å². The van der Waals surface area contributed by atoms with Gasteiger partial charge in [-0.15, -0.1) is 0 Å². The van der Waals surface area contributed by atoms with Crippen molar-refractivity contribution in [2.24, 2.45) is 5.92 Å². The van der Waals surface area contributed by atoms with E-state index in [1.807, 2.05) is 6.07 Å². The Hall–Kier alpha value is -0.540. The summed E-state index contributed by atoms with van der Waals surface area (Å²) in [5.74, 6) is 0.284. The molecule has 1 fully saturated rings. The molecular formula is C12H13BrClNO. The van der Waals surface area contributed by atoms with Crippen molar-refractivity contribution in [3.05, 3.63) is 27.7 Å². The van der Waals surface area contributed by atoms with Gasteiger partial charge in [0.1, 0.15) is 0 Å². The monoisotopic (exact) mass is 301 g/mol. The normalized spacial score (nSPS) is 16.4. The summed E-state index contributed by atoms with van der Waals surface area (Å²) >= 11 is 9.28. The molecule has 0 heterocycles. The molecule has 1 aliphatic carbocycles. The maximum atomic E-state index is 11.9. The second kappa shape index (κ2) is 5.19. The fourth-order valence-corrected chi connectivity index (χ4v) is 2.53. The lowest BCUT2D eigenvalue weighted by molar-refractivity contribution is -0.119. The highest BCUT2D eigenvalue weighted by molar-refractivity contribution is 9.10. The number of rotatable bonds is 2. The third-order valence-electron chi connectivity index (χ3n) is 2.91. The van der Waals surface area contributed by atoms with Crippen LogP contribution in [0, 0.1) is 5.92 Å².